The predicted molar refractivity (Wildman–Crippen MR) is 91.3 cm³/mol. The van der Waals surface area contributed by atoms with Crippen LogP contribution in [-0.2, 0) is 14.3 Å². The van der Waals surface area contributed by atoms with Crippen LogP contribution >= 0.6 is 11.6 Å². The molecular weight excluding hydrogens is 314 g/mol. The topological polar surface area (TPSA) is 55.4 Å². The lowest BCUT2D eigenvalue weighted by molar-refractivity contribution is -0.157. The molecule has 1 aromatic carbocycles. The number of nitrogens with one attached hydrogen (secondary N) is 1. The first-order chi connectivity index (χ1) is 11.0. The van der Waals surface area contributed by atoms with E-state index < -0.39 is 11.8 Å². The third-order valence-electron chi connectivity index (χ3n) is 4.08. The highest BCUT2D eigenvalue weighted by Crippen LogP contribution is 2.29. The number of amides is 1. The fourth-order valence-corrected chi connectivity index (χ4v) is 2.63. The van der Waals surface area contributed by atoms with Crippen molar-refractivity contribution in [2.45, 2.75) is 39.2 Å². The first-order valence-corrected chi connectivity index (χ1v) is 8.31. The van der Waals surface area contributed by atoms with Crippen molar-refractivity contribution in [1.29, 1.82) is 0 Å². The molecule has 1 aliphatic rings. The van der Waals surface area contributed by atoms with Crippen molar-refractivity contribution >= 4 is 29.2 Å². The summed E-state index contributed by atoms with van der Waals surface area (Å²) in [4.78, 5) is 24.9. The van der Waals surface area contributed by atoms with Crippen LogP contribution in [0.2, 0.25) is 5.02 Å². The van der Waals surface area contributed by atoms with E-state index in [0.717, 1.165) is 6.42 Å². The predicted octanol–water partition coefficient (Wildman–Crippen LogP) is 4.20. The standard InChI is InChI=1S/C18H22ClNO3/c1-3-12(2)23-18(22)16-7-5-4-6-15(16)17(21)20-14-10-8-13(19)9-11-14/h4-5,8-12,15-16H,3,6-7H2,1-2H3,(H,20,21)/t12-,15-,16-/m0/s1. The maximum atomic E-state index is 12.5. The van der Waals surface area contributed by atoms with E-state index >= 15 is 0 Å². The van der Waals surface area contributed by atoms with Crippen molar-refractivity contribution in [2.75, 3.05) is 5.32 Å². The zero-order chi connectivity index (χ0) is 16.8. The number of carbonyl (C=O) groups excluding carboxylic acids is 2. The van der Waals surface area contributed by atoms with E-state index in [4.69, 9.17) is 16.3 Å². The summed E-state index contributed by atoms with van der Waals surface area (Å²) in [5, 5.41) is 3.46. The van der Waals surface area contributed by atoms with Crippen molar-refractivity contribution in [3.05, 3.63) is 41.4 Å². The van der Waals surface area contributed by atoms with E-state index in [9.17, 15) is 9.59 Å². The molecule has 0 unspecified atom stereocenters. The number of carbonyl (C=O) groups is 2. The fourth-order valence-electron chi connectivity index (χ4n) is 2.50. The van der Waals surface area contributed by atoms with Crippen molar-refractivity contribution in [3.63, 3.8) is 0 Å². The van der Waals surface area contributed by atoms with Gasteiger partial charge < -0.3 is 10.1 Å². The van der Waals surface area contributed by atoms with Gasteiger partial charge in [0.25, 0.3) is 0 Å². The van der Waals surface area contributed by atoms with E-state index in [1.165, 1.54) is 0 Å². The number of allylic oxidation sites excluding steroid dienone is 2. The van der Waals surface area contributed by atoms with Crippen LogP contribution in [0.5, 0.6) is 0 Å². The van der Waals surface area contributed by atoms with Crippen LogP contribution in [0.3, 0.4) is 0 Å². The summed E-state index contributed by atoms with van der Waals surface area (Å²) in [6.45, 7) is 3.82. The van der Waals surface area contributed by atoms with Gasteiger partial charge in [-0.1, -0.05) is 30.7 Å². The molecule has 0 aliphatic heterocycles. The molecule has 0 heterocycles. The second-order valence-electron chi connectivity index (χ2n) is 5.81. The monoisotopic (exact) mass is 335 g/mol. The highest BCUT2D eigenvalue weighted by molar-refractivity contribution is 6.30. The van der Waals surface area contributed by atoms with Gasteiger partial charge in [0, 0.05) is 10.7 Å². The molecule has 5 heteroatoms. The minimum Gasteiger partial charge on any atom is -0.462 e. The van der Waals surface area contributed by atoms with Gasteiger partial charge in [0.15, 0.2) is 0 Å². The number of hydrogen-bond acceptors (Lipinski definition) is 3. The molecule has 124 valence electrons. The SMILES string of the molecule is CC[C@H](C)OC(=O)[C@H]1CC=CC[C@@H]1C(=O)Nc1ccc(Cl)cc1. The Kier molecular flexibility index (Phi) is 6.22. The van der Waals surface area contributed by atoms with Crippen molar-refractivity contribution in [1.82, 2.24) is 0 Å². The van der Waals surface area contributed by atoms with Gasteiger partial charge in [-0.3, -0.25) is 9.59 Å². The largest absolute Gasteiger partial charge is 0.462 e. The molecule has 1 N–H and O–H groups in total. The van der Waals surface area contributed by atoms with Crippen molar-refractivity contribution in [2.24, 2.45) is 11.8 Å². The lowest BCUT2D eigenvalue weighted by atomic mass is 9.82. The first-order valence-electron chi connectivity index (χ1n) is 7.93. The van der Waals surface area contributed by atoms with Crippen LogP contribution in [0.15, 0.2) is 36.4 Å². The summed E-state index contributed by atoms with van der Waals surface area (Å²) < 4.78 is 5.42. The smallest absolute Gasteiger partial charge is 0.310 e. The molecule has 1 aromatic rings. The third kappa shape index (κ3) is 4.83. The quantitative estimate of drug-likeness (QED) is 0.648. The Labute approximate surface area is 141 Å². The molecule has 0 saturated carbocycles. The fraction of sp³-hybridized carbons (Fsp3) is 0.444. The third-order valence-corrected chi connectivity index (χ3v) is 4.33. The van der Waals surface area contributed by atoms with Gasteiger partial charge in [-0.05, 0) is 50.5 Å². The summed E-state index contributed by atoms with van der Waals surface area (Å²) >= 11 is 5.84. The Balaban J connectivity index is 2.05. The van der Waals surface area contributed by atoms with Crippen LogP contribution in [0.4, 0.5) is 5.69 Å². The minimum atomic E-state index is -0.429. The Morgan fingerprint density at radius 2 is 1.83 bits per heavy atom. The molecular formula is C18H22ClNO3. The molecule has 0 radical (unpaired) electrons. The molecule has 0 saturated heterocycles. The molecule has 23 heavy (non-hydrogen) atoms. The van der Waals surface area contributed by atoms with E-state index in [1.54, 1.807) is 24.3 Å². The lowest BCUT2D eigenvalue weighted by Crippen LogP contribution is -2.36. The van der Waals surface area contributed by atoms with Crippen LogP contribution in [0, 0.1) is 11.8 Å². The molecule has 0 spiro atoms. The van der Waals surface area contributed by atoms with E-state index in [1.807, 2.05) is 26.0 Å². The second-order valence-corrected chi connectivity index (χ2v) is 6.24. The maximum Gasteiger partial charge on any atom is 0.310 e. The Morgan fingerprint density at radius 1 is 1.22 bits per heavy atom. The van der Waals surface area contributed by atoms with Crippen LogP contribution in [0.1, 0.15) is 33.1 Å². The lowest BCUT2D eigenvalue weighted by Gasteiger charge is -2.27. The number of ether oxygens (including phenoxy) is 1. The summed E-state index contributed by atoms with van der Waals surface area (Å²) in [5.74, 6) is -1.30. The number of anilines is 1. The van der Waals surface area contributed by atoms with Crippen molar-refractivity contribution in [3.8, 4) is 0 Å². The second kappa shape index (κ2) is 8.16. The molecule has 0 fully saturated rings. The van der Waals surface area contributed by atoms with Crippen LogP contribution < -0.4 is 5.32 Å². The Bertz CT molecular complexity index is 582. The minimum absolute atomic E-state index is 0.131. The number of esters is 1. The van der Waals surface area contributed by atoms with Gasteiger partial charge in [-0.25, -0.2) is 0 Å². The molecule has 3 atom stereocenters. The van der Waals surface area contributed by atoms with Gasteiger partial charge in [-0.15, -0.1) is 0 Å². The summed E-state index contributed by atoms with van der Waals surface area (Å²) in [6, 6.07) is 6.91. The van der Waals surface area contributed by atoms with E-state index in [2.05, 4.69) is 5.32 Å². The number of rotatable bonds is 5. The van der Waals surface area contributed by atoms with E-state index in [-0.39, 0.29) is 18.0 Å². The van der Waals surface area contributed by atoms with Crippen molar-refractivity contribution < 1.29 is 14.3 Å². The van der Waals surface area contributed by atoms with Gasteiger partial charge >= 0.3 is 5.97 Å². The zero-order valence-electron chi connectivity index (χ0n) is 13.4. The van der Waals surface area contributed by atoms with Gasteiger partial charge in [0.2, 0.25) is 5.91 Å². The number of halogens is 1. The van der Waals surface area contributed by atoms with E-state index in [0.29, 0.717) is 23.6 Å². The molecule has 2 rings (SSSR count). The van der Waals surface area contributed by atoms with Gasteiger partial charge in [0.1, 0.15) is 0 Å². The number of benzene rings is 1. The molecule has 1 aliphatic carbocycles. The Hall–Kier alpha value is -1.81. The molecule has 0 bridgehead atoms. The molecule has 0 aromatic heterocycles. The number of hydrogen-bond donors (Lipinski definition) is 1. The molecule has 4 nitrogen and oxygen atoms in total. The molecule has 1 amide bonds. The average Bonchev–Trinajstić information content (AvgIpc) is 2.56. The zero-order valence-corrected chi connectivity index (χ0v) is 14.2. The summed E-state index contributed by atoms with van der Waals surface area (Å²) in [7, 11) is 0. The summed E-state index contributed by atoms with van der Waals surface area (Å²) in [6.07, 6.45) is 5.59. The highest BCUT2D eigenvalue weighted by atomic mass is 35.5. The highest BCUT2D eigenvalue weighted by Gasteiger charge is 2.35. The Morgan fingerprint density at radius 3 is 2.43 bits per heavy atom. The van der Waals surface area contributed by atoms with Gasteiger partial charge in [-0.2, -0.15) is 0 Å². The van der Waals surface area contributed by atoms with Crippen LogP contribution in [0.25, 0.3) is 0 Å². The normalized spacial score (nSPS) is 21.5. The average molecular weight is 336 g/mol. The van der Waals surface area contributed by atoms with Gasteiger partial charge in [0.05, 0.1) is 17.9 Å². The summed E-state index contributed by atoms with van der Waals surface area (Å²) in [5.41, 5.74) is 0.669. The first kappa shape index (κ1) is 17.5. The van der Waals surface area contributed by atoms with Crippen LogP contribution in [-0.4, -0.2) is 18.0 Å². The maximum absolute atomic E-state index is 12.5.